The van der Waals surface area contributed by atoms with Crippen molar-refractivity contribution in [2.24, 2.45) is 40.4 Å². The van der Waals surface area contributed by atoms with Crippen LogP contribution in [0.5, 0.6) is 0 Å². The third-order valence-electron chi connectivity index (χ3n) is 10.2. The molecule has 0 N–H and O–H groups in total. The fourth-order valence-electron chi connectivity index (χ4n) is 8.34. The predicted octanol–water partition coefficient (Wildman–Crippen LogP) is 6.71. The van der Waals surface area contributed by atoms with E-state index >= 15 is 0 Å². The van der Waals surface area contributed by atoms with Crippen molar-refractivity contribution in [2.45, 2.75) is 90.9 Å². The van der Waals surface area contributed by atoms with Gasteiger partial charge in [-0.3, -0.25) is 4.79 Å². The number of carbonyl (C=O) groups is 1. The highest BCUT2D eigenvalue weighted by Crippen LogP contribution is 2.68. The minimum Gasteiger partial charge on any atom is -0.349 e. The molecule has 0 spiro atoms. The number of fused-ring (bicyclic) bond motifs is 5. The molecule has 1 unspecified atom stereocenters. The van der Waals surface area contributed by atoms with Crippen molar-refractivity contribution < 1.29 is 13.6 Å². The molecule has 170 valence electrons. The van der Waals surface area contributed by atoms with Gasteiger partial charge in [-0.2, -0.15) is 0 Å². The Kier molecular flexibility index (Phi) is 5.63. The summed E-state index contributed by atoms with van der Waals surface area (Å²) in [6.07, 6.45) is 10.6. The SMILES string of the molecule is CC(CCC(=O)N(C)C)[C@H]1CC[C@H]2[C@@H]3CC=C4CC(F)(F)CC[C@]4(C)[C@H]3CC[C@]12C. The fraction of sp³-hybridized carbons (Fsp3) is 0.885. The third-order valence-corrected chi connectivity index (χ3v) is 10.2. The van der Waals surface area contributed by atoms with E-state index in [1.807, 2.05) is 14.1 Å². The zero-order valence-corrected chi connectivity index (χ0v) is 19.6. The molecule has 0 aromatic heterocycles. The van der Waals surface area contributed by atoms with Crippen LogP contribution < -0.4 is 0 Å². The Balaban J connectivity index is 1.50. The lowest BCUT2D eigenvalue weighted by Crippen LogP contribution is -2.51. The van der Waals surface area contributed by atoms with E-state index in [0.29, 0.717) is 47.8 Å². The molecular weight excluding hydrogens is 380 g/mol. The Morgan fingerprint density at radius 1 is 1.13 bits per heavy atom. The van der Waals surface area contributed by atoms with Crippen molar-refractivity contribution in [3.05, 3.63) is 11.6 Å². The standard InChI is InChI=1S/C26H41F2NO/c1-17(6-11-23(30)29(4)5)20-9-10-21-19-8-7-18-16-26(27,28)15-14-24(18,2)22(19)12-13-25(20,21)3/h7,17,19-22H,6,8-16H2,1-5H3/t17?,19-,20+,21-,22-,24-,25+/m0/s1. The summed E-state index contributed by atoms with van der Waals surface area (Å²) in [7, 11) is 3.68. The average molecular weight is 422 g/mol. The molecule has 2 nitrogen and oxygen atoms in total. The summed E-state index contributed by atoms with van der Waals surface area (Å²) < 4.78 is 28.2. The van der Waals surface area contributed by atoms with Crippen molar-refractivity contribution in [3.8, 4) is 0 Å². The van der Waals surface area contributed by atoms with Gasteiger partial charge in [0.05, 0.1) is 0 Å². The minimum atomic E-state index is -2.50. The van der Waals surface area contributed by atoms with Crippen LogP contribution in [-0.4, -0.2) is 30.8 Å². The second-order valence-electron chi connectivity index (χ2n) is 11.8. The number of rotatable bonds is 4. The number of alkyl halides is 2. The first-order chi connectivity index (χ1) is 14.0. The molecule has 4 heteroatoms. The van der Waals surface area contributed by atoms with Crippen molar-refractivity contribution in [2.75, 3.05) is 14.1 Å². The molecule has 1 amide bonds. The lowest BCUT2D eigenvalue weighted by Gasteiger charge is -2.58. The van der Waals surface area contributed by atoms with Crippen LogP contribution in [0.25, 0.3) is 0 Å². The Bertz CT molecular complexity index is 716. The van der Waals surface area contributed by atoms with Crippen molar-refractivity contribution in [3.63, 3.8) is 0 Å². The number of halogens is 2. The highest BCUT2D eigenvalue weighted by molar-refractivity contribution is 5.75. The van der Waals surface area contributed by atoms with E-state index in [0.717, 1.165) is 18.4 Å². The molecule has 3 saturated carbocycles. The minimum absolute atomic E-state index is 0.00574. The molecule has 0 saturated heterocycles. The second kappa shape index (κ2) is 7.59. The van der Waals surface area contributed by atoms with Gasteiger partial charge in [0, 0.05) is 33.4 Å². The summed E-state index contributed by atoms with van der Waals surface area (Å²) in [5.74, 6) is 0.939. The average Bonchev–Trinajstić information content (AvgIpc) is 3.03. The number of carbonyl (C=O) groups excluding carboxylic acids is 1. The Hall–Kier alpha value is -0.930. The fourth-order valence-corrected chi connectivity index (χ4v) is 8.34. The number of allylic oxidation sites excluding steroid dienone is 2. The molecule has 0 radical (unpaired) electrons. The van der Waals surface area contributed by atoms with Gasteiger partial charge in [0.1, 0.15) is 0 Å². The van der Waals surface area contributed by atoms with Gasteiger partial charge in [-0.25, -0.2) is 8.78 Å². The number of hydrogen-bond acceptors (Lipinski definition) is 1. The zero-order chi connectivity index (χ0) is 21.9. The summed E-state index contributed by atoms with van der Waals surface area (Å²) >= 11 is 0. The molecule has 4 rings (SSSR count). The van der Waals surface area contributed by atoms with E-state index in [1.165, 1.54) is 25.7 Å². The largest absolute Gasteiger partial charge is 0.349 e. The summed E-state index contributed by atoms with van der Waals surface area (Å²) in [5.41, 5.74) is 1.41. The monoisotopic (exact) mass is 421 g/mol. The lowest BCUT2D eigenvalue weighted by molar-refractivity contribution is -0.129. The van der Waals surface area contributed by atoms with Crippen LogP contribution in [-0.2, 0) is 4.79 Å². The topological polar surface area (TPSA) is 20.3 Å². The normalized spacial score (nSPS) is 43.1. The van der Waals surface area contributed by atoms with Gasteiger partial charge in [-0.15, -0.1) is 0 Å². The Morgan fingerprint density at radius 3 is 2.57 bits per heavy atom. The number of amides is 1. The molecular formula is C26H41F2NO. The highest BCUT2D eigenvalue weighted by Gasteiger charge is 2.60. The van der Waals surface area contributed by atoms with Crippen molar-refractivity contribution in [1.82, 2.24) is 4.90 Å². The van der Waals surface area contributed by atoms with E-state index in [-0.39, 0.29) is 24.2 Å². The zero-order valence-electron chi connectivity index (χ0n) is 19.6. The Morgan fingerprint density at radius 2 is 1.87 bits per heavy atom. The molecule has 7 atom stereocenters. The second-order valence-corrected chi connectivity index (χ2v) is 11.8. The predicted molar refractivity (Wildman–Crippen MR) is 117 cm³/mol. The first-order valence-corrected chi connectivity index (χ1v) is 12.3. The van der Waals surface area contributed by atoms with Crippen LogP contribution >= 0.6 is 0 Å². The summed E-state index contributed by atoms with van der Waals surface area (Å²) in [6, 6.07) is 0. The van der Waals surface area contributed by atoms with Crippen molar-refractivity contribution in [1.29, 1.82) is 0 Å². The Labute approximate surface area is 181 Å². The summed E-state index contributed by atoms with van der Waals surface area (Å²) in [6.45, 7) is 7.18. The third kappa shape index (κ3) is 3.54. The van der Waals surface area contributed by atoms with Crippen LogP contribution in [0.4, 0.5) is 8.78 Å². The smallest absolute Gasteiger partial charge is 0.251 e. The molecule has 4 aliphatic carbocycles. The van der Waals surface area contributed by atoms with Gasteiger partial charge < -0.3 is 4.90 Å². The summed E-state index contributed by atoms with van der Waals surface area (Å²) in [5, 5.41) is 0. The van der Waals surface area contributed by atoms with Gasteiger partial charge in [0.15, 0.2) is 0 Å². The van der Waals surface area contributed by atoms with E-state index in [4.69, 9.17) is 0 Å². The van der Waals surface area contributed by atoms with Crippen LogP contribution in [0.3, 0.4) is 0 Å². The van der Waals surface area contributed by atoms with Gasteiger partial charge in [-0.1, -0.05) is 32.4 Å². The lowest BCUT2D eigenvalue weighted by atomic mass is 9.47. The van der Waals surface area contributed by atoms with Crippen LogP contribution in [0.1, 0.15) is 85.0 Å². The van der Waals surface area contributed by atoms with E-state index in [2.05, 4.69) is 26.8 Å². The first-order valence-electron chi connectivity index (χ1n) is 12.3. The molecule has 30 heavy (non-hydrogen) atoms. The van der Waals surface area contributed by atoms with Gasteiger partial charge >= 0.3 is 0 Å². The molecule has 0 aromatic rings. The number of hydrogen-bond donors (Lipinski definition) is 0. The molecule has 0 aliphatic heterocycles. The van der Waals surface area contributed by atoms with Gasteiger partial charge in [0.25, 0.3) is 5.92 Å². The van der Waals surface area contributed by atoms with E-state index < -0.39 is 5.92 Å². The summed E-state index contributed by atoms with van der Waals surface area (Å²) in [4.78, 5) is 13.8. The van der Waals surface area contributed by atoms with Gasteiger partial charge in [0.2, 0.25) is 5.91 Å². The van der Waals surface area contributed by atoms with E-state index in [1.54, 1.807) is 4.90 Å². The van der Waals surface area contributed by atoms with E-state index in [9.17, 15) is 13.6 Å². The van der Waals surface area contributed by atoms with Crippen LogP contribution in [0.2, 0.25) is 0 Å². The molecule has 3 fully saturated rings. The quantitative estimate of drug-likeness (QED) is 0.462. The van der Waals surface area contributed by atoms with Gasteiger partial charge in [-0.05, 0) is 85.4 Å². The maximum absolute atomic E-state index is 14.1. The molecule has 0 heterocycles. The van der Waals surface area contributed by atoms with Crippen molar-refractivity contribution >= 4 is 5.91 Å². The molecule has 0 bridgehead atoms. The molecule has 4 aliphatic rings. The van der Waals surface area contributed by atoms with Crippen LogP contribution in [0, 0.1) is 40.4 Å². The maximum Gasteiger partial charge on any atom is 0.251 e. The molecule has 0 aromatic carbocycles. The highest BCUT2D eigenvalue weighted by atomic mass is 19.3. The maximum atomic E-state index is 14.1. The number of nitrogens with zero attached hydrogens (tertiary/aromatic N) is 1. The first kappa shape index (κ1) is 22.3. The van der Waals surface area contributed by atoms with Crippen LogP contribution in [0.15, 0.2) is 11.6 Å².